The van der Waals surface area contributed by atoms with E-state index < -0.39 is 256 Å². The predicted molar refractivity (Wildman–Crippen MR) is 323 cm³/mol. The molecule has 20 atom stereocenters. The van der Waals surface area contributed by atoms with Crippen molar-refractivity contribution < 1.29 is 140 Å². The van der Waals surface area contributed by atoms with Crippen molar-refractivity contribution in [1.82, 2.24) is 41.2 Å². The normalized spacial score (nSPS) is 18.0. The lowest BCUT2D eigenvalue weighted by molar-refractivity contribution is -0.149. The van der Waals surface area contributed by atoms with E-state index in [-0.39, 0.29) is 29.2 Å². The SMILES string of the molecule is [CH][C@H](CC(=O)[C@@H](NC(=O)[C@@H](CC(=O)[C@H]([CH])NC(=O)[C@@H](CC(=O)CC[C@H](NC(=O)c1ccc(NCc2cnc3nc(N)[nH]c(=O)c3n2)cc1)C(=O)O)[C@@H](O)[C@H](O)[C@H](O)CO)[C@@H](O)[C@H](O)[C@H](O)CO)[C@@H](O)[C@H](O)[C@H](O)CO)C(=O)N[C@H](C(=O)C[C@@H](CS)C(=O)O)[C@@H](O)[C@H](O)[C@H](O)CO. The Hall–Kier alpha value is -7.75. The number of rotatable bonds is 44. The molecular weight excluding hydrogens is 1310 g/mol. The summed E-state index contributed by atoms with van der Waals surface area (Å²) in [6.07, 6.45) is -35.4. The number of carboxylic acids is 2. The van der Waals surface area contributed by atoms with Gasteiger partial charge in [-0.05, 0) is 44.5 Å². The molecule has 532 valence electrons. The molecule has 1 aromatic carbocycles. The number of benzene rings is 1. The zero-order chi connectivity index (χ0) is 72.7. The van der Waals surface area contributed by atoms with Gasteiger partial charge in [-0.3, -0.25) is 52.9 Å². The summed E-state index contributed by atoms with van der Waals surface area (Å²) in [7, 11) is 0. The highest BCUT2D eigenvalue weighted by Gasteiger charge is 2.45. The van der Waals surface area contributed by atoms with E-state index in [1.54, 1.807) is 5.32 Å². The Morgan fingerprint density at radius 3 is 1.51 bits per heavy atom. The van der Waals surface area contributed by atoms with Crippen molar-refractivity contribution in [3.8, 4) is 0 Å². The summed E-state index contributed by atoms with van der Waals surface area (Å²) < 4.78 is 0. The number of hydrogen-bond acceptors (Lipinski definition) is 33. The summed E-state index contributed by atoms with van der Waals surface area (Å²) in [5.74, 6) is -24.5. The molecule has 40 heteroatoms. The fourth-order valence-corrected chi connectivity index (χ4v) is 9.33. The van der Waals surface area contributed by atoms with E-state index in [9.17, 15) is 145 Å². The first-order valence-corrected chi connectivity index (χ1v) is 29.5. The minimum atomic E-state index is -2.81. The molecule has 0 spiro atoms. The van der Waals surface area contributed by atoms with Crippen LogP contribution in [-0.4, -0.2) is 300 Å². The number of aromatic nitrogens is 4. The third kappa shape index (κ3) is 23.5. The number of amides is 4. The van der Waals surface area contributed by atoms with Crippen molar-refractivity contribution in [3.63, 3.8) is 0 Å². The van der Waals surface area contributed by atoms with Crippen LogP contribution in [0.4, 0.5) is 11.6 Å². The number of nitrogens with zero attached hydrogens (tertiary/aromatic N) is 3. The van der Waals surface area contributed by atoms with Gasteiger partial charge in [0.05, 0.1) is 80.9 Å². The monoisotopic (exact) mass is 1390 g/mol. The number of fused-ring (bicyclic) bond motifs is 1. The van der Waals surface area contributed by atoms with Gasteiger partial charge in [0, 0.05) is 55.0 Å². The maximum Gasteiger partial charge on any atom is 0.326 e. The molecule has 26 N–H and O–H groups in total. The van der Waals surface area contributed by atoms with Gasteiger partial charge in [-0.25, -0.2) is 14.8 Å². The number of carboxylic acid groups (broad SMARTS) is 2. The number of aliphatic hydroxyl groups is 16. The first kappa shape index (κ1) is 82.5. The zero-order valence-corrected chi connectivity index (χ0v) is 51.4. The van der Waals surface area contributed by atoms with E-state index in [1.807, 2.05) is 10.6 Å². The highest BCUT2D eigenvalue weighted by molar-refractivity contribution is 7.80. The third-order valence-electron chi connectivity index (χ3n) is 14.9. The Morgan fingerprint density at radius 1 is 0.562 bits per heavy atom. The van der Waals surface area contributed by atoms with Crippen LogP contribution in [-0.2, 0) is 49.7 Å². The van der Waals surface area contributed by atoms with Gasteiger partial charge in [0.2, 0.25) is 23.7 Å². The van der Waals surface area contributed by atoms with Gasteiger partial charge in [0.1, 0.15) is 84.9 Å². The largest absolute Gasteiger partial charge is 0.481 e. The van der Waals surface area contributed by atoms with Crippen LogP contribution in [0.3, 0.4) is 0 Å². The molecule has 4 amide bonds. The Bertz CT molecular complexity index is 3210. The van der Waals surface area contributed by atoms with Crippen LogP contribution in [0, 0.1) is 37.5 Å². The molecule has 3 aromatic rings. The number of aromatic amines is 1. The van der Waals surface area contributed by atoms with Crippen LogP contribution in [0.1, 0.15) is 54.6 Å². The lowest BCUT2D eigenvalue weighted by Gasteiger charge is -2.33. The van der Waals surface area contributed by atoms with Crippen LogP contribution in [0.5, 0.6) is 0 Å². The van der Waals surface area contributed by atoms with Crippen molar-refractivity contribution in [3.05, 3.63) is 65.9 Å². The van der Waals surface area contributed by atoms with Crippen LogP contribution in [0.15, 0.2) is 35.3 Å². The quantitative estimate of drug-likeness (QED) is 0.0234. The van der Waals surface area contributed by atoms with Gasteiger partial charge in [-0.2, -0.15) is 17.6 Å². The fourth-order valence-electron chi connectivity index (χ4n) is 9.04. The molecule has 0 saturated heterocycles. The number of nitrogens with one attached hydrogen (secondary N) is 6. The van der Waals surface area contributed by atoms with Crippen molar-refractivity contribution in [1.29, 1.82) is 0 Å². The number of hydrogen-bond donors (Lipinski definition) is 26. The highest BCUT2D eigenvalue weighted by Crippen LogP contribution is 2.24. The third-order valence-corrected chi connectivity index (χ3v) is 15.3. The lowest BCUT2D eigenvalue weighted by Crippen LogP contribution is -2.60. The topological polar surface area (TPSA) is 693 Å². The second-order valence-electron chi connectivity index (χ2n) is 22.0. The van der Waals surface area contributed by atoms with Crippen LogP contribution in [0.2, 0.25) is 0 Å². The number of thiol groups is 1. The second kappa shape index (κ2) is 38.9. The van der Waals surface area contributed by atoms with E-state index in [1.165, 1.54) is 30.5 Å². The smallest absolute Gasteiger partial charge is 0.326 e. The van der Waals surface area contributed by atoms with E-state index in [0.29, 0.717) is 11.4 Å². The molecule has 4 radical (unpaired) electrons. The average molecular weight is 1390 g/mol. The molecule has 0 bridgehead atoms. The Labute approximate surface area is 548 Å². The second-order valence-corrected chi connectivity index (χ2v) is 22.4. The summed E-state index contributed by atoms with van der Waals surface area (Å²) in [6, 6.07) is -3.96. The predicted octanol–water partition coefficient (Wildman–Crippen LogP) is -11.6. The van der Waals surface area contributed by atoms with Crippen molar-refractivity contribution >= 4 is 94.1 Å². The maximum absolute atomic E-state index is 14.2. The molecule has 0 fully saturated rings. The van der Waals surface area contributed by atoms with Gasteiger partial charge >= 0.3 is 11.9 Å². The molecule has 2 aromatic heterocycles. The Kier molecular flexibility index (Phi) is 33.4. The van der Waals surface area contributed by atoms with Gasteiger partial charge in [-0.15, -0.1) is 0 Å². The fraction of sp³-hybridized carbons (Fsp3) is 0.571. The van der Waals surface area contributed by atoms with E-state index in [2.05, 4.69) is 43.2 Å². The summed E-state index contributed by atoms with van der Waals surface area (Å²) in [4.78, 5) is 160. The number of nitrogen functional groups attached to an aromatic ring is 1. The number of anilines is 2. The minimum absolute atomic E-state index is 0.000765. The van der Waals surface area contributed by atoms with Gasteiger partial charge in [-0.1, -0.05) is 0 Å². The summed E-state index contributed by atoms with van der Waals surface area (Å²) in [5.41, 5.74) is 5.45. The molecule has 0 saturated carbocycles. The zero-order valence-electron chi connectivity index (χ0n) is 50.5. The first-order chi connectivity index (χ1) is 45.0. The number of Topliss-reactive ketones (excluding diaryl/α,β-unsaturated/α-hetero) is 4. The van der Waals surface area contributed by atoms with Crippen molar-refractivity contribution in [2.75, 3.05) is 43.2 Å². The molecular formula is C56H78N10O29S. The van der Waals surface area contributed by atoms with Gasteiger partial charge < -0.3 is 124 Å². The van der Waals surface area contributed by atoms with Crippen LogP contribution >= 0.6 is 12.6 Å². The van der Waals surface area contributed by atoms with Gasteiger partial charge in [0.25, 0.3) is 11.5 Å². The number of ketones is 4. The van der Waals surface area contributed by atoms with E-state index in [4.69, 9.17) is 19.6 Å². The average Bonchev–Trinajstić information content (AvgIpc) is 0.880. The maximum atomic E-state index is 14.2. The number of carbonyl (C=O) groups excluding carboxylic acids is 8. The van der Waals surface area contributed by atoms with Crippen LogP contribution in [0.25, 0.3) is 11.2 Å². The van der Waals surface area contributed by atoms with Gasteiger partial charge in [0.15, 0.2) is 28.5 Å². The molecule has 96 heavy (non-hydrogen) atoms. The lowest BCUT2D eigenvalue weighted by atomic mass is 9.86. The highest BCUT2D eigenvalue weighted by atomic mass is 32.1. The van der Waals surface area contributed by atoms with Crippen LogP contribution < -0.4 is 37.9 Å². The molecule has 39 nitrogen and oxygen atoms in total. The summed E-state index contributed by atoms with van der Waals surface area (Å²) in [5, 5.41) is 195. The number of nitrogens with two attached hydrogens (primary N) is 1. The Balaban J connectivity index is 1.88. The molecule has 3 rings (SSSR count). The Morgan fingerprint density at radius 2 is 1.03 bits per heavy atom. The number of aliphatic hydroxyl groups excluding tert-OH is 16. The summed E-state index contributed by atoms with van der Waals surface area (Å²) >= 11 is 3.82. The van der Waals surface area contributed by atoms with E-state index >= 15 is 0 Å². The number of carbonyl (C=O) groups is 10. The van der Waals surface area contributed by atoms with Crippen molar-refractivity contribution in [2.24, 2.45) is 23.7 Å². The number of H-pyrrole nitrogens is 1. The molecule has 0 unspecified atom stereocenters. The first-order valence-electron chi connectivity index (χ1n) is 28.8. The number of aliphatic carboxylic acids is 2. The molecule has 0 aliphatic rings. The minimum Gasteiger partial charge on any atom is -0.481 e. The standard InChI is InChI=1S/C56H78N10O29S/c1-20(49(87)63-38(47(86)45(84)36(78)18-70)32(74)10-23(19-96)54(92)93)9-31(73)37(46(85)44(83)35(77)17-69)64-52(90)28(41(80)43(82)34(76)16-68)12-30(72)21(2)60-51(89)27(40(79)42(81)33(75)15-67)11-26(71)7-8-29(55(94)95)62-50(88)22-3-5-24(6-4-22)58-13-25-14-59-48-39(61-25)53(91)66-56(57)65-48/h1-6,14,20-21,23,27-29,33-38,40-47,58,67-70,75-86,96H,7-13,15-19H2,(H,60,89)(H,62,88)(H,63,87)(H,64,90)(H,92,93)(H,94,95)(H3,57,59,65,66,91)/t20-,21+,23+,27+,28+,29+,33-,34-,35-,36-,37-,38-,40-,41-,42-,43-,44-,45-,46-,47-/m1/s1. The summed E-state index contributed by atoms with van der Waals surface area (Å²) in [6.45, 7) is 6.67. The molecule has 0 aliphatic carbocycles. The molecule has 2 heterocycles. The van der Waals surface area contributed by atoms with Crippen molar-refractivity contribution in [2.45, 2.75) is 142 Å². The van der Waals surface area contributed by atoms with E-state index in [0.717, 1.165) is 0 Å². The molecule has 0 aliphatic heterocycles.